The molecule has 0 aromatic heterocycles. The van der Waals surface area contributed by atoms with Crippen LogP contribution in [0.3, 0.4) is 0 Å². The first-order valence-corrected chi connectivity index (χ1v) is 6.67. The summed E-state index contributed by atoms with van der Waals surface area (Å²) in [6, 6.07) is 13.5. The molecule has 20 heavy (non-hydrogen) atoms. The normalized spacial score (nSPS) is 10.1. The molecule has 3 nitrogen and oxygen atoms in total. The molecule has 2 aromatic carbocycles. The Morgan fingerprint density at radius 3 is 2.45 bits per heavy atom. The van der Waals surface area contributed by atoms with Crippen LogP contribution in [0.4, 0.5) is 0 Å². The van der Waals surface area contributed by atoms with E-state index in [0.717, 1.165) is 22.6 Å². The van der Waals surface area contributed by atoms with Crippen molar-refractivity contribution in [1.82, 2.24) is 0 Å². The molecule has 0 unspecified atom stereocenters. The van der Waals surface area contributed by atoms with Crippen LogP contribution in [0.2, 0.25) is 0 Å². The zero-order valence-corrected chi connectivity index (χ0v) is 12.4. The van der Waals surface area contributed by atoms with Crippen molar-refractivity contribution in [3.05, 3.63) is 59.2 Å². The van der Waals surface area contributed by atoms with Crippen LogP contribution in [0, 0.1) is 6.92 Å². The number of aryl methyl sites for hydroxylation is 1. The summed E-state index contributed by atoms with van der Waals surface area (Å²) in [5, 5.41) is 0. The van der Waals surface area contributed by atoms with Crippen molar-refractivity contribution < 1.29 is 9.47 Å². The van der Waals surface area contributed by atoms with E-state index >= 15 is 0 Å². The quantitative estimate of drug-likeness (QED) is 0.858. The van der Waals surface area contributed by atoms with E-state index in [2.05, 4.69) is 0 Å². The van der Waals surface area contributed by atoms with E-state index in [1.807, 2.05) is 49.4 Å². The number of hydrogen-bond donors (Lipinski definition) is 1. The summed E-state index contributed by atoms with van der Waals surface area (Å²) in [6.45, 7) is 2.45. The van der Waals surface area contributed by atoms with E-state index in [1.54, 1.807) is 7.11 Å². The topological polar surface area (TPSA) is 44.5 Å². The molecule has 2 N–H and O–H groups in total. The van der Waals surface area contributed by atoms with E-state index in [0.29, 0.717) is 11.6 Å². The highest BCUT2D eigenvalue weighted by molar-refractivity contribution is 7.80. The van der Waals surface area contributed by atoms with E-state index < -0.39 is 0 Å². The summed E-state index contributed by atoms with van der Waals surface area (Å²) >= 11 is 4.99. The van der Waals surface area contributed by atoms with Crippen LogP contribution in [-0.2, 0) is 6.61 Å². The fraction of sp³-hybridized carbons (Fsp3) is 0.188. The van der Waals surface area contributed by atoms with E-state index in [4.69, 9.17) is 27.4 Å². The van der Waals surface area contributed by atoms with Gasteiger partial charge in [-0.2, -0.15) is 0 Å². The molecule has 0 bridgehead atoms. The minimum absolute atomic E-state index is 0.365. The van der Waals surface area contributed by atoms with Gasteiger partial charge < -0.3 is 15.2 Å². The third-order valence-electron chi connectivity index (χ3n) is 2.98. The molecule has 2 aromatic rings. The van der Waals surface area contributed by atoms with Crippen LogP contribution < -0.4 is 15.2 Å². The molecule has 104 valence electrons. The lowest BCUT2D eigenvalue weighted by Crippen LogP contribution is -2.10. The molecule has 0 spiro atoms. The highest BCUT2D eigenvalue weighted by Crippen LogP contribution is 2.22. The molecule has 0 atom stereocenters. The van der Waals surface area contributed by atoms with Crippen LogP contribution in [-0.4, -0.2) is 12.1 Å². The predicted octanol–water partition coefficient (Wildman–Crippen LogP) is 3.22. The second kappa shape index (κ2) is 6.39. The number of thiocarbonyl (C=S) groups is 1. The van der Waals surface area contributed by atoms with Crippen LogP contribution in [0.5, 0.6) is 11.5 Å². The van der Waals surface area contributed by atoms with Gasteiger partial charge in [0.1, 0.15) is 23.1 Å². The van der Waals surface area contributed by atoms with Gasteiger partial charge in [0.05, 0.1) is 7.11 Å². The fourth-order valence-electron chi connectivity index (χ4n) is 1.84. The number of hydrogen-bond acceptors (Lipinski definition) is 3. The summed E-state index contributed by atoms with van der Waals surface area (Å²) < 4.78 is 11.1. The lowest BCUT2D eigenvalue weighted by atomic mass is 10.1. The largest absolute Gasteiger partial charge is 0.496 e. The van der Waals surface area contributed by atoms with Gasteiger partial charge in [0.25, 0.3) is 0 Å². The molecule has 0 radical (unpaired) electrons. The Labute approximate surface area is 124 Å². The Bertz CT molecular complexity index is 608. The van der Waals surface area contributed by atoms with Gasteiger partial charge >= 0.3 is 0 Å². The predicted molar refractivity (Wildman–Crippen MR) is 84.4 cm³/mol. The molecule has 0 aliphatic rings. The molecule has 0 saturated carbocycles. The highest BCUT2D eigenvalue weighted by Gasteiger charge is 2.07. The monoisotopic (exact) mass is 287 g/mol. The van der Waals surface area contributed by atoms with E-state index in [-0.39, 0.29) is 0 Å². The maximum atomic E-state index is 5.76. The van der Waals surface area contributed by atoms with Gasteiger partial charge in [0.2, 0.25) is 0 Å². The number of methoxy groups -OCH3 is 1. The molecule has 4 heteroatoms. The SMILES string of the molecule is COc1ccc(C(N)=S)cc1COc1ccc(C)cc1. The Morgan fingerprint density at radius 2 is 1.85 bits per heavy atom. The third kappa shape index (κ3) is 3.48. The summed E-state index contributed by atoms with van der Waals surface area (Å²) in [6.07, 6.45) is 0. The highest BCUT2D eigenvalue weighted by atomic mass is 32.1. The van der Waals surface area contributed by atoms with Crippen LogP contribution in [0.25, 0.3) is 0 Å². The lowest BCUT2D eigenvalue weighted by Gasteiger charge is -2.12. The van der Waals surface area contributed by atoms with Crippen molar-refractivity contribution in [2.45, 2.75) is 13.5 Å². The molecule has 0 aliphatic heterocycles. The van der Waals surface area contributed by atoms with Crippen molar-refractivity contribution in [2.75, 3.05) is 7.11 Å². The van der Waals surface area contributed by atoms with Crippen molar-refractivity contribution in [1.29, 1.82) is 0 Å². The Kier molecular flexibility index (Phi) is 4.58. The van der Waals surface area contributed by atoms with E-state index in [1.165, 1.54) is 5.56 Å². The first kappa shape index (κ1) is 14.3. The van der Waals surface area contributed by atoms with E-state index in [9.17, 15) is 0 Å². The molecule has 0 saturated heterocycles. The first-order chi connectivity index (χ1) is 9.60. The summed E-state index contributed by atoms with van der Waals surface area (Å²) in [4.78, 5) is 0.365. The molecule has 0 aliphatic carbocycles. The van der Waals surface area contributed by atoms with Crippen molar-refractivity contribution in [3.63, 3.8) is 0 Å². The minimum Gasteiger partial charge on any atom is -0.496 e. The zero-order chi connectivity index (χ0) is 14.5. The van der Waals surface area contributed by atoms with Crippen LogP contribution in [0.1, 0.15) is 16.7 Å². The minimum atomic E-state index is 0.365. The maximum Gasteiger partial charge on any atom is 0.125 e. The van der Waals surface area contributed by atoms with Crippen molar-refractivity contribution >= 4 is 17.2 Å². The Hall–Kier alpha value is -2.07. The van der Waals surface area contributed by atoms with Gasteiger partial charge in [-0.25, -0.2) is 0 Å². The second-order valence-corrected chi connectivity index (χ2v) is 4.93. The molecular weight excluding hydrogens is 270 g/mol. The van der Waals surface area contributed by atoms with Gasteiger partial charge in [0.15, 0.2) is 0 Å². The maximum absolute atomic E-state index is 5.76. The Morgan fingerprint density at radius 1 is 1.15 bits per heavy atom. The lowest BCUT2D eigenvalue weighted by molar-refractivity contribution is 0.296. The Balaban J connectivity index is 2.16. The van der Waals surface area contributed by atoms with Gasteiger partial charge in [-0.05, 0) is 37.3 Å². The average Bonchev–Trinajstić information content (AvgIpc) is 2.46. The van der Waals surface area contributed by atoms with Gasteiger partial charge in [-0.1, -0.05) is 29.9 Å². The van der Waals surface area contributed by atoms with Crippen molar-refractivity contribution in [3.8, 4) is 11.5 Å². The fourth-order valence-corrected chi connectivity index (χ4v) is 1.97. The number of ether oxygens (including phenoxy) is 2. The number of nitrogens with two attached hydrogens (primary N) is 1. The standard InChI is InChI=1S/C16H17NO2S/c1-11-3-6-14(7-4-11)19-10-13-9-12(16(17)20)5-8-15(13)18-2/h3-9H,10H2,1-2H3,(H2,17,20). The second-order valence-electron chi connectivity index (χ2n) is 4.49. The summed E-state index contributed by atoms with van der Waals surface area (Å²) in [7, 11) is 1.63. The van der Waals surface area contributed by atoms with Crippen molar-refractivity contribution in [2.24, 2.45) is 5.73 Å². The zero-order valence-electron chi connectivity index (χ0n) is 11.6. The van der Waals surface area contributed by atoms with Gasteiger partial charge in [-0.15, -0.1) is 0 Å². The molecule has 2 rings (SSSR count). The molecule has 0 amide bonds. The molecule has 0 heterocycles. The number of benzene rings is 2. The van der Waals surface area contributed by atoms with Gasteiger partial charge in [-0.3, -0.25) is 0 Å². The molecule has 0 fully saturated rings. The summed E-state index contributed by atoms with van der Waals surface area (Å²) in [5.74, 6) is 1.58. The number of rotatable bonds is 5. The van der Waals surface area contributed by atoms with Crippen LogP contribution >= 0.6 is 12.2 Å². The van der Waals surface area contributed by atoms with Gasteiger partial charge in [0, 0.05) is 11.1 Å². The third-order valence-corrected chi connectivity index (χ3v) is 3.22. The first-order valence-electron chi connectivity index (χ1n) is 6.26. The average molecular weight is 287 g/mol. The molecular formula is C16H17NO2S. The van der Waals surface area contributed by atoms with Crippen LogP contribution in [0.15, 0.2) is 42.5 Å². The summed E-state index contributed by atoms with van der Waals surface area (Å²) in [5.41, 5.74) is 8.57. The smallest absolute Gasteiger partial charge is 0.125 e.